The van der Waals surface area contributed by atoms with E-state index in [0.717, 1.165) is 21.9 Å². The van der Waals surface area contributed by atoms with E-state index in [1.54, 1.807) is 0 Å². The summed E-state index contributed by atoms with van der Waals surface area (Å²) in [4.78, 5) is 2.60. The van der Waals surface area contributed by atoms with Crippen LogP contribution in [0.25, 0.3) is 55.3 Å². The molecular formula is C57H37NOSi. The summed E-state index contributed by atoms with van der Waals surface area (Å²) in [6, 6.07) is 71.7. The molecule has 0 fully saturated rings. The van der Waals surface area contributed by atoms with E-state index in [-0.39, 0.29) is 0 Å². The Kier molecular flexibility index (Phi) is 6.16. The molecule has 1 aromatic heterocycles. The van der Waals surface area contributed by atoms with Gasteiger partial charge < -0.3 is 9.32 Å². The summed E-state index contributed by atoms with van der Waals surface area (Å²) in [5.74, 6) is 0. The molecule has 2 nitrogen and oxygen atoms in total. The van der Waals surface area contributed by atoms with Gasteiger partial charge in [-0.3, -0.25) is 0 Å². The molecule has 0 unspecified atom stereocenters. The Hall–Kier alpha value is -7.20. The second-order valence-corrected chi connectivity index (χ2v) is 20.9. The maximum Gasteiger partial charge on any atom is 0.182 e. The summed E-state index contributed by atoms with van der Waals surface area (Å²) < 4.78 is 6.77. The predicted octanol–water partition coefficient (Wildman–Crippen LogP) is 11.7. The molecule has 0 saturated carbocycles. The number of aryl methyl sites for hydroxylation is 2. The Bertz CT molecular complexity index is 3440. The molecule has 0 N–H and O–H groups in total. The molecule has 4 aliphatic rings. The first kappa shape index (κ1) is 32.7. The van der Waals surface area contributed by atoms with Crippen LogP contribution in [0.2, 0.25) is 0 Å². The van der Waals surface area contributed by atoms with E-state index in [4.69, 9.17) is 4.42 Å². The average molecular weight is 780 g/mol. The van der Waals surface area contributed by atoms with Gasteiger partial charge in [-0.2, -0.15) is 0 Å². The van der Waals surface area contributed by atoms with Gasteiger partial charge in [0.15, 0.2) is 8.07 Å². The number of rotatable bonds is 1. The number of hydrogen-bond donors (Lipinski definition) is 0. The number of hydrogen-bond acceptors (Lipinski definition) is 2. The number of furan rings is 1. The third-order valence-corrected chi connectivity index (χ3v) is 19.3. The van der Waals surface area contributed by atoms with Crippen LogP contribution in [0.5, 0.6) is 0 Å². The highest BCUT2D eigenvalue weighted by Gasteiger charge is 2.55. The lowest BCUT2D eigenvalue weighted by Gasteiger charge is -2.45. The zero-order chi connectivity index (χ0) is 39.5. The van der Waals surface area contributed by atoms with Crippen molar-refractivity contribution in [3.63, 3.8) is 0 Å². The smallest absolute Gasteiger partial charge is 0.182 e. The highest BCUT2D eigenvalue weighted by molar-refractivity contribution is 7.24. The van der Waals surface area contributed by atoms with Crippen molar-refractivity contribution in [3.8, 4) is 33.4 Å². The molecule has 10 aromatic rings. The number of benzene rings is 9. The summed E-state index contributed by atoms with van der Waals surface area (Å²) >= 11 is 0. The van der Waals surface area contributed by atoms with Crippen molar-refractivity contribution in [2.24, 2.45) is 0 Å². The number of fused-ring (bicyclic) bond motifs is 23. The first-order chi connectivity index (χ1) is 29.6. The van der Waals surface area contributed by atoms with Gasteiger partial charge in [-0.1, -0.05) is 169 Å². The minimum atomic E-state index is -2.70. The minimum absolute atomic E-state index is 0.552. The first-order valence-electron chi connectivity index (χ1n) is 21.1. The van der Waals surface area contributed by atoms with Crippen molar-refractivity contribution in [3.05, 3.63) is 221 Å². The highest BCUT2D eigenvalue weighted by atomic mass is 28.3. The molecule has 3 aliphatic heterocycles. The lowest BCUT2D eigenvalue weighted by molar-refractivity contribution is 0.668. The van der Waals surface area contributed by atoms with E-state index < -0.39 is 13.5 Å². The van der Waals surface area contributed by atoms with Crippen LogP contribution < -0.4 is 25.6 Å². The molecule has 4 heterocycles. The zero-order valence-corrected chi connectivity index (χ0v) is 34.3. The predicted molar refractivity (Wildman–Crippen MR) is 250 cm³/mol. The summed E-state index contributed by atoms with van der Waals surface area (Å²) in [7, 11) is -2.70. The van der Waals surface area contributed by atoms with Crippen LogP contribution in [0.1, 0.15) is 33.4 Å². The van der Waals surface area contributed by atoms with Crippen molar-refractivity contribution in [2.45, 2.75) is 19.3 Å². The molecule has 1 aliphatic carbocycles. The second-order valence-electron chi connectivity index (χ2n) is 17.3. The fourth-order valence-electron chi connectivity index (χ4n) is 12.2. The van der Waals surface area contributed by atoms with E-state index in [0.29, 0.717) is 0 Å². The number of para-hydroxylation sites is 2. The van der Waals surface area contributed by atoms with E-state index in [2.05, 4.69) is 207 Å². The third-order valence-electron chi connectivity index (χ3n) is 14.4. The van der Waals surface area contributed by atoms with Gasteiger partial charge in [0.05, 0.1) is 22.2 Å². The SMILES string of the molecule is Cc1ccc2c(c1)C1(c3cc(C)ccc3-2)c2ccccc2N(c2ccc3c(c2)[Si]2(c4ccccc4-c4ccccc42)c2ccccc2-3)c2c1ccc1oc3ccccc3c21. The lowest BCUT2D eigenvalue weighted by atomic mass is 9.64. The van der Waals surface area contributed by atoms with Crippen LogP contribution in [0.4, 0.5) is 17.1 Å². The molecule has 0 atom stereocenters. The monoisotopic (exact) mass is 779 g/mol. The summed E-state index contributed by atoms with van der Waals surface area (Å²) in [6.45, 7) is 4.47. The van der Waals surface area contributed by atoms with Crippen LogP contribution in [-0.2, 0) is 5.41 Å². The fraction of sp³-hybridized carbons (Fsp3) is 0.0526. The topological polar surface area (TPSA) is 16.4 Å². The van der Waals surface area contributed by atoms with E-state index in [1.807, 2.05) is 0 Å². The van der Waals surface area contributed by atoms with Crippen LogP contribution >= 0.6 is 0 Å². The molecule has 0 radical (unpaired) electrons. The Morgan fingerprint density at radius 1 is 0.417 bits per heavy atom. The number of nitrogens with zero attached hydrogens (tertiary/aromatic N) is 1. The molecule has 0 saturated heterocycles. The molecule has 3 heteroatoms. The molecule has 0 amide bonds. The number of anilines is 3. The lowest BCUT2D eigenvalue weighted by Crippen LogP contribution is -2.70. The summed E-state index contributed by atoms with van der Waals surface area (Å²) in [5.41, 5.74) is 20.7. The van der Waals surface area contributed by atoms with Crippen molar-refractivity contribution >= 4 is 67.8 Å². The van der Waals surface area contributed by atoms with Crippen LogP contribution in [0.15, 0.2) is 192 Å². The average Bonchev–Trinajstić information content (AvgIpc) is 3.99. The van der Waals surface area contributed by atoms with Crippen molar-refractivity contribution < 1.29 is 4.42 Å². The van der Waals surface area contributed by atoms with Gasteiger partial charge in [-0.15, -0.1) is 0 Å². The maximum atomic E-state index is 6.77. The van der Waals surface area contributed by atoms with Crippen LogP contribution in [0, 0.1) is 13.8 Å². The van der Waals surface area contributed by atoms with Crippen molar-refractivity contribution in [1.82, 2.24) is 0 Å². The molecule has 2 spiro atoms. The van der Waals surface area contributed by atoms with Gasteiger partial charge in [0.25, 0.3) is 0 Å². The molecule has 60 heavy (non-hydrogen) atoms. The largest absolute Gasteiger partial charge is 0.456 e. The van der Waals surface area contributed by atoms with Gasteiger partial charge in [0.2, 0.25) is 0 Å². The Morgan fingerprint density at radius 2 is 0.967 bits per heavy atom. The molecule has 9 aromatic carbocycles. The first-order valence-corrected chi connectivity index (χ1v) is 23.1. The van der Waals surface area contributed by atoms with E-state index >= 15 is 0 Å². The highest BCUT2D eigenvalue weighted by Crippen LogP contribution is 2.65. The van der Waals surface area contributed by atoms with Crippen molar-refractivity contribution in [2.75, 3.05) is 4.90 Å². The van der Waals surface area contributed by atoms with Crippen LogP contribution in [0.3, 0.4) is 0 Å². The normalized spacial score (nSPS) is 15.1. The van der Waals surface area contributed by atoms with E-state index in [9.17, 15) is 0 Å². The molecule has 280 valence electrons. The second kappa shape index (κ2) is 11.3. The quantitative estimate of drug-likeness (QED) is 0.154. The van der Waals surface area contributed by atoms with Gasteiger partial charge in [0.1, 0.15) is 11.2 Å². The minimum Gasteiger partial charge on any atom is -0.456 e. The Morgan fingerprint density at radius 3 is 1.63 bits per heavy atom. The van der Waals surface area contributed by atoms with Crippen molar-refractivity contribution in [1.29, 1.82) is 0 Å². The Balaban J connectivity index is 1.14. The fourth-order valence-corrected chi connectivity index (χ4v) is 17.8. The zero-order valence-electron chi connectivity index (χ0n) is 33.3. The summed E-state index contributed by atoms with van der Waals surface area (Å²) in [5, 5.41) is 8.21. The van der Waals surface area contributed by atoms with Gasteiger partial charge in [0, 0.05) is 11.1 Å². The molecule has 0 bridgehead atoms. The standard InChI is InChI=1S/C57H37NOSi/c1-34-23-26-37-38-27-24-35(2)32-47(38)57(46(37)31-34)44-17-7-8-18-48(44)58(56-45(57)29-30-50-55(56)43-16-3-9-19-49(43)59-50)36-25-28-42-41-15-6-12-22-53(41)60(54(42)33-36)51-20-10-4-13-39(51)40-14-5-11-21-52(40)60/h3-33H,1-2H3. The van der Waals surface area contributed by atoms with Gasteiger partial charge >= 0.3 is 0 Å². The maximum absolute atomic E-state index is 6.77. The third kappa shape index (κ3) is 3.73. The summed E-state index contributed by atoms with van der Waals surface area (Å²) in [6.07, 6.45) is 0. The molecule has 14 rings (SSSR count). The van der Waals surface area contributed by atoms with Gasteiger partial charge in [-0.25, -0.2) is 0 Å². The molecular weight excluding hydrogens is 743 g/mol. The van der Waals surface area contributed by atoms with Gasteiger partial charge in [-0.05, 0) is 121 Å². The van der Waals surface area contributed by atoms with Crippen LogP contribution in [-0.4, -0.2) is 8.07 Å². The Labute approximate surface area is 349 Å². The van der Waals surface area contributed by atoms with E-state index in [1.165, 1.54) is 105 Å².